The van der Waals surface area contributed by atoms with Gasteiger partial charge in [-0.05, 0) is 45.9 Å². The number of piperazine rings is 1. The van der Waals surface area contributed by atoms with Crippen LogP contribution in [0, 0.1) is 13.8 Å². The molecule has 1 aromatic rings. The zero-order valence-corrected chi connectivity index (χ0v) is 14.0. The molecule has 2 rings (SSSR count). The Morgan fingerprint density at radius 2 is 1.68 bits per heavy atom. The Morgan fingerprint density at radius 3 is 2.27 bits per heavy atom. The van der Waals surface area contributed by atoms with Crippen LogP contribution in [0.15, 0.2) is 18.2 Å². The molecule has 2 unspecified atom stereocenters. The van der Waals surface area contributed by atoms with Gasteiger partial charge in [0.2, 0.25) is 0 Å². The van der Waals surface area contributed by atoms with Crippen LogP contribution in [0.2, 0.25) is 0 Å². The lowest BCUT2D eigenvalue weighted by Crippen LogP contribution is -2.58. The number of para-hydroxylation sites is 1. The predicted molar refractivity (Wildman–Crippen MR) is 87.8 cm³/mol. The molecule has 1 N–H and O–H groups in total. The Labute approximate surface area is 132 Å². The van der Waals surface area contributed by atoms with E-state index in [4.69, 9.17) is 0 Å². The fourth-order valence-corrected chi connectivity index (χ4v) is 2.89. The second-order valence-electron chi connectivity index (χ2n) is 6.32. The molecule has 120 valence electrons. The first kappa shape index (κ1) is 16.5. The number of nitrogens with one attached hydrogen (secondary N) is 1. The molecule has 1 aromatic carbocycles. The van der Waals surface area contributed by atoms with E-state index in [1.54, 1.807) is 4.90 Å². The molecular formula is C17H25N3O2. The van der Waals surface area contributed by atoms with Gasteiger partial charge in [-0.15, -0.1) is 0 Å². The molecule has 0 bridgehead atoms. The summed E-state index contributed by atoms with van der Waals surface area (Å²) >= 11 is 0. The average Bonchev–Trinajstić information content (AvgIpc) is 2.46. The second-order valence-corrected chi connectivity index (χ2v) is 6.32. The van der Waals surface area contributed by atoms with Crippen LogP contribution in [0.3, 0.4) is 0 Å². The minimum Gasteiger partial charge on any atom is -0.329 e. The molecule has 2 amide bonds. The van der Waals surface area contributed by atoms with E-state index in [1.165, 1.54) is 0 Å². The van der Waals surface area contributed by atoms with Crippen LogP contribution >= 0.6 is 0 Å². The zero-order valence-electron chi connectivity index (χ0n) is 14.0. The van der Waals surface area contributed by atoms with Gasteiger partial charge in [0.05, 0.1) is 0 Å². The van der Waals surface area contributed by atoms with Gasteiger partial charge in [0, 0.05) is 30.9 Å². The number of hydrogen-bond acceptors (Lipinski definition) is 3. The Morgan fingerprint density at radius 1 is 1.09 bits per heavy atom. The smallest absolute Gasteiger partial charge is 0.313 e. The van der Waals surface area contributed by atoms with Gasteiger partial charge in [-0.3, -0.25) is 14.5 Å². The van der Waals surface area contributed by atoms with Crippen molar-refractivity contribution in [3.63, 3.8) is 0 Å². The molecule has 5 heteroatoms. The van der Waals surface area contributed by atoms with Crippen LogP contribution in [-0.2, 0) is 9.59 Å². The van der Waals surface area contributed by atoms with Crippen molar-refractivity contribution in [2.75, 3.05) is 25.5 Å². The maximum absolute atomic E-state index is 12.5. The highest BCUT2D eigenvalue weighted by Crippen LogP contribution is 2.20. The minimum atomic E-state index is -0.555. The number of carbonyl (C=O) groups is 2. The number of aryl methyl sites for hydroxylation is 2. The van der Waals surface area contributed by atoms with E-state index in [2.05, 4.69) is 17.1 Å². The molecule has 5 nitrogen and oxygen atoms in total. The van der Waals surface area contributed by atoms with E-state index in [0.717, 1.165) is 23.4 Å². The molecule has 22 heavy (non-hydrogen) atoms. The van der Waals surface area contributed by atoms with Gasteiger partial charge >= 0.3 is 11.8 Å². The van der Waals surface area contributed by atoms with Gasteiger partial charge in [-0.2, -0.15) is 0 Å². The third-order valence-corrected chi connectivity index (χ3v) is 4.47. The number of rotatable bonds is 1. The van der Waals surface area contributed by atoms with Crippen molar-refractivity contribution in [1.29, 1.82) is 0 Å². The summed E-state index contributed by atoms with van der Waals surface area (Å²) in [5, 5.41) is 2.78. The summed E-state index contributed by atoms with van der Waals surface area (Å²) in [5.41, 5.74) is 2.65. The lowest BCUT2D eigenvalue weighted by molar-refractivity contribution is -0.147. The minimum absolute atomic E-state index is 0.0393. The number of anilines is 1. The predicted octanol–water partition coefficient (Wildman–Crippen LogP) is 1.79. The Hall–Kier alpha value is -1.88. The molecule has 1 aliphatic rings. The molecule has 1 saturated heterocycles. The van der Waals surface area contributed by atoms with Crippen LogP contribution in [0.5, 0.6) is 0 Å². The highest BCUT2D eigenvalue weighted by Gasteiger charge is 2.33. The normalized spacial score (nSPS) is 22.5. The summed E-state index contributed by atoms with van der Waals surface area (Å²) in [7, 11) is 2.04. The van der Waals surface area contributed by atoms with Crippen LogP contribution in [0.25, 0.3) is 0 Å². The third kappa shape index (κ3) is 3.30. The van der Waals surface area contributed by atoms with E-state index in [1.807, 2.05) is 46.0 Å². The quantitative estimate of drug-likeness (QED) is 0.805. The Kier molecular flexibility index (Phi) is 4.86. The summed E-state index contributed by atoms with van der Waals surface area (Å²) < 4.78 is 0. The first-order valence-electron chi connectivity index (χ1n) is 7.69. The first-order valence-corrected chi connectivity index (χ1v) is 7.69. The summed E-state index contributed by atoms with van der Waals surface area (Å²) in [6.45, 7) is 9.25. The molecule has 2 atom stereocenters. The Balaban J connectivity index is 2.11. The molecule has 1 aliphatic heterocycles. The fourth-order valence-electron chi connectivity index (χ4n) is 2.89. The molecule has 0 spiro atoms. The molecule has 1 fully saturated rings. The third-order valence-electron chi connectivity index (χ3n) is 4.47. The van der Waals surface area contributed by atoms with Crippen molar-refractivity contribution in [3.8, 4) is 0 Å². The first-order chi connectivity index (χ1) is 10.3. The SMILES string of the molecule is Cc1cccc(C)c1NC(=O)C(=O)N1CC(C)N(C)CC1C. The van der Waals surface area contributed by atoms with Crippen molar-refractivity contribution < 1.29 is 9.59 Å². The standard InChI is InChI=1S/C17H25N3O2/c1-11-7-6-8-12(2)15(11)18-16(21)17(22)20-10-13(3)19(5)9-14(20)4/h6-8,13-14H,9-10H2,1-5H3,(H,18,21). The molecule has 0 radical (unpaired) electrons. The highest BCUT2D eigenvalue weighted by molar-refractivity contribution is 6.39. The largest absolute Gasteiger partial charge is 0.329 e. The van der Waals surface area contributed by atoms with Crippen LogP contribution in [0.4, 0.5) is 5.69 Å². The van der Waals surface area contributed by atoms with Crippen molar-refractivity contribution in [2.45, 2.75) is 39.8 Å². The van der Waals surface area contributed by atoms with Crippen molar-refractivity contribution in [2.24, 2.45) is 0 Å². The van der Waals surface area contributed by atoms with Crippen molar-refractivity contribution in [1.82, 2.24) is 9.80 Å². The topological polar surface area (TPSA) is 52.7 Å². The molecule has 0 aliphatic carbocycles. The summed E-state index contributed by atoms with van der Waals surface area (Å²) in [4.78, 5) is 28.7. The molecule has 0 saturated carbocycles. The van der Waals surface area contributed by atoms with Crippen molar-refractivity contribution in [3.05, 3.63) is 29.3 Å². The lowest BCUT2D eigenvalue weighted by atomic mass is 10.1. The molecule has 1 heterocycles. The summed E-state index contributed by atoms with van der Waals surface area (Å²) in [6.07, 6.45) is 0. The van der Waals surface area contributed by atoms with Gasteiger partial charge in [-0.1, -0.05) is 18.2 Å². The molecule has 0 aromatic heterocycles. The number of carbonyl (C=O) groups excluding carboxylic acids is 2. The van der Waals surface area contributed by atoms with Crippen LogP contribution < -0.4 is 5.32 Å². The second kappa shape index (κ2) is 6.48. The Bertz CT molecular complexity index is 565. The van der Waals surface area contributed by atoms with E-state index < -0.39 is 11.8 Å². The van der Waals surface area contributed by atoms with Crippen molar-refractivity contribution >= 4 is 17.5 Å². The van der Waals surface area contributed by atoms with Gasteiger partial charge in [0.1, 0.15) is 0 Å². The van der Waals surface area contributed by atoms with Crippen LogP contribution in [-0.4, -0.2) is 53.8 Å². The number of amides is 2. The lowest BCUT2D eigenvalue weighted by Gasteiger charge is -2.42. The maximum atomic E-state index is 12.5. The highest BCUT2D eigenvalue weighted by atomic mass is 16.2. The zero-order chi connectivity index (χ0) is 16.4. The van der Waals surface area contributed by atoms with Crippen LogP contribution in [0.1, 0.15) is 25.0 Å². The number of likely N-dealkylation sites (N-methyl/N-ethyl adjacent to an activating group) is 1. The number of hydrogen-bond donors (Lipinski definition) is 1. The number of benzene rings is 1. The summed E-state index contributed by atoms with van der Waals surface area (Å²) in [6, 6.07) is 6.08. The van der Waals surface area contributed by atoms with Gasteiger partial charge in [0.15, 0.2) is 0 Å². The summed E-state index contributed by atoms with van der Waals surface area (Å²) in [5.74, 6) is -1.00. The van der Waals surface area contributed by atoms with Gasteiger partial charge in [0.25, 0.3) is 0 Å². The maximum Gasteiger partial charge on any atom is 0.313 e. The monoisotopic (exact) mass is 303 g/mol. The van der Waals surface area contributed by atoms with E-state index in [-0.39, 0.29) is 12.1 Å². The number of nitrogens with zero attached hydrogens (tertiary/aromatic N) is 2. The molecular weight excluding hydrogens is 278 g/mol. The fraction of sp³-hybridized carbons (Fsp3) is 0.529. The average molecular weight is 303 g/mol. The van der Waals surface area contributed by atoms with E-state index >= 15 is 0 Å². The van der Waals surface area contributed by atoms with Gasteiger partial charge in [-0.25, -0.2) is 0 Å². The van der Waals surface area contributed by atoms with Gasteiger partial charge < -0.3 is 10.2 Å². The van der Waals surface area contributed by atoms with E-state index in [0.29, 0.717) is 6.54 Å². The van der Waals surface area contributed by atoms with E-state index in [9.17, 15) is 9.59 Å².